The number of nitrogens with zero attached hydrogens (tertiary/aromatic N) is 2. The quantitative estimate of drug-likeness (QED) is 0.547. The van der Waals surface area contributed by atoms with E-state index in [4.69, 9.17) is 16.6 Å². The Hall–Kier alpha value is -3.44. The Morgan fingerprint density at radius 1 is 1.06 bits per heavy atom. The van der Waals surface area contributed by atoms with E-state index in [1.165, 1.54) is 10.5 Å². The molecular weight excluding hydrogens is 422 g/mol. The Kier molecular flexibility index (Phi) is 6.37. The summed E-state index contributed by atoms with van der Waals surface area (Å²) in [5.41, 5.74) is 5.53. The fourth-order valence-corrected chi connectivity index (χ4v) is 3.87. The van der Waals surface area contributed by atoms with Gasteiger partial charge in [-0.05, 0) is 54.3 Å². The number of aliphatic imine (C=N–C) groups is 1. The Labute approximate surface area is 192 Å². The van der Waals surface area contributed by atoms with Crippen LogP contribution in [0.3, 0.4) is 0 Å². The van der Waals surface area contributed by atoms with E-state index in [1.54, 1.807) is 18.2 Å². The molecule has 1 N–H and O–H groups in total. The van der Waals surface area contributed by atoms with E-state index >= 15 is 0 Å². The number of para-hydroxylation sites is 2. The Bertz CT molecular complexity index is 1200. The molecule has 0 atom stereocenters. The number of hydrogen-bond acceptors (Lipinski definition) is 3. The molecule has 1 heterocycles. The molecule has 5 nitrogen and oxygen atoms in total. The zero-order valence-electron chi connectivity index (χ0n) is 18.1. The van der Waals surface area contributed by atoms with Gasteiger partial charge in [0.1, 0.15) is 6.54 Å². The van der Waals surface area contributed by atoms with E-state index < -0.39 is 0 Å². The van der Waals surface area contributed by atoms with Crippen LogP contribution in [0, 0.1) is 6.92 Å². The SMILES string of the molecule is CCc1ccc(C2=Nc3ccccc3N(CC(=O)Nc3cccc(Cl)c3C)C(=O)C2)cc1. The van der Waals surface area contributed by atoms with Crippen LogP contribution in [0.1, 0.15) is 30.0 Å². The molecule has 3 aromatic rings. The van der Waals surface area contributed by atoms with Gasteiger partial charge < -0.3 is 10.2 Å². The second-order valence-corrected chi connectivity index (χ2v) is 8.12. The third-order valence-electron chi connectivity index (χ3n) is 5.59. The van der Waals surface area contributed by atoms with E-state index in [1.807, 2.05) is 43.3 Å². The standard InChI is InChI=1S/C26H24ClN3O2/c1-3-18-11-13-19(14-12-18)23-15-26(32)30(24-10-5-4-8-22(24)28-23)16-25(31)29-21-9-6-7-20(27)17(21)2/h4-14H,3,15-16H2,1-2H3,(H,29,31). The zero-order valence-corrected chi connectivity index (χ0v) is 18.8. The average Bonchev–Trinajstić information content (AvgIpc) is 2.93. The molecule has 0 aliphatic carbocycles. The third-order valence-corrected chi connectivity index (χ3v) is 6.00. The number of fused-ring (bicyclic) bond motifs is 1. The van der Waals surface area contributed by atoms with Gasteiger partial charge in [-0.15, -0.1) is 0 Å². The molecule has 0 aromatic heterocycles. The average molecular weight is 446 g/mol. The number of carbonyl (C=O) groups excluding carboxylic acids is 2. The molecule has 0 saturated heterocycles. The number of benzene rings is 3. The van der Waals surface area contributed by atoms with Gasteiger partial charge in [-0.2, -0.15) is 0 Å². The molecule has 6 heteroatoms. The maximum absolute atomic E-state index is 13.2. The molecule has 0 unspecified atom stereocenters. The molecule has 0 fully saturated rings. The van der Waals surface area contributed by atoms with Crippen LogP contribution in [0.2, 0.25) is 5.02 Å². The zero-order chi connectivity index (χ0) is 22.7. The lowest BCUT2D eigenvalue weighted by atomic mass is 10.0. The Morgan fingerprint density at radius 3 is 2.56 bits per heavy atom. The van der Waals surface area contributed by atoms with Crippen LogP contribution >= 0.6 is 11.6 Å². The molecule has 32 heavy (non-hydrogen) atoms. The van der Waals surface area contributed by atoms with Crippen LogP contribution in [0.15, 0.2) is 71.7 Å². The monoisotopic (exact) mass is 445 g/mol. The largest absolute Gasteiger partial charge is 0.324 e. The van der Waals surface area contributed by atoms with Crippen molar-refractivity contribution in [2.24, 2.45) is 4.99 Å². The van der Waals surface area contributed by atoms with E-state index in [2.05, 4.69) is 24.4 Å². The number of hydrogen-bond donors (Lipinski definition) is 1. The van der Waals surface area contributed by atoms with Crippen molar-refractivity contribution < 1.29 is 9.59 Å². The predicted molar refractivity (Wildman–Crippen MR) is 130 cm³/mol. The van der Waals surface area contributed by atoms with Gasteiger partial charge in [0.25, 0.3) is 0 Å². The first kappa shape index (κ1) is 21.8. The number of rotatable bonds is 5. The van der Waals surface area contributed by atoms with Crippen LogP contribution in [0.25, 0.3) is 0 Å². The second-order valence-electron chi connectivity index (χ2n) is 7.71. The maximum Gasteiger partial charge on any atom is 0.244 e. The Morgan fingerprint density at radius 2 is 1.81 bits per heavy atom. The van der Waals surface area contributed by atoms with Crippen molar-refractivity contribution in [1.29, 1.82) is 0 Å². The highest BCUT2D eigenvalue weighted by atomic mass is 35.5. The van der Waals surface area contributed by atoms with Gasteiger partial charge in [-0.3, -0.25) is 14.6 Å². The van der Waals surface area contributed by atoms with Gasteiger partial charge in [-0.25, -0.2) is 0 Å². The molecular formula is C26H24ClN3O2. The molecule has 1 aliphatic rings. The third kappa shape index (κ3) is 4.58. The summed E-state index contributed by atoms with van der Waals surface area (Å²) in [4.78, 5) is 32.4. The minimum atomic E-state index is -0.297. The number of amides is 2. The molecule has 162 valence electrons. The first-order valence-electron chi connectivity index (χ1n) is 10.6. The number of nitrogens with one attached hydrogen (secondary N) is 1. The summed E-state index contributed by atoms with van der Waals surface area (Å²) >= 11 is 6.16. The minimum absolute atomic E-state index is 0.112. The topological polar surface area (TPSA) is 61.8 Å². The van der Waals surface area contributed by atoms with Crippen LogP contribution in [-0.4, -0.2) is 24.1 Å². The fourth-order valence-electron chi connectivity index (χ4n) is 3.69. The summed E-state index contributed by atoms with van der Waals surface area (Å²) in [6.07, 6.45) is 1.06. The van der Waals surface area contributed by atoms with Gasteiger partial charge in [0.05, 0.1) is 23.5 Å². The van der Waals surface area contributed by atoms with Gasteiger partial charge in [0.2, 0.25) is 11.8 Å². The van der Waals surface area contributed by atoms with Gasteiger partial charge >= 0.3 is 0 Å². The molecule has 1 aliphatic heterocycles. The molecule has 0 spiro atoms. The summed E-state index contributed by atoms with van der Waals surface area (Å²) in [5.74, 6) is -0.472. The number of anilines is 2. The maximum atomic E-state index is 13.2. The van der Waals surface area contributed by atoms with E-state index in [-0.39, 0.29) is 24.8 Å². The van der Waals surface area contributed by atoms with Crippen LogP contribution in [0.5, 0.6) is 0 Å². The van der Waals surface area contributed by atoms with E-state index in [9.17, 15) is 9.59 Å². The number of carbonyl (C=O) groups is 2. The van der Waals surface area contributed by atoms with Crippen molar-refractivity contribution in [2.45, 2.75) is 26.7 Å². The summed E-state index contributed by atoms with van der Waals surface area (Å²) in [6.45, 7) is 3.83. The summed E-state index contributed by atoms with van der Waals surface area (Å²) < 4.78 is 0. The second kappa shape index (κ2) is 9.37. The van der Waals surface area contributed by atoms with E-state index in [0.717, 1.165) is 17.5 Å². The molecule has 4 rings (SSSR count). The highest BCUT2D eigenvalue weighted by Gasteiger charge is 2.26. The lowest BCUT2D eigenvalue weighted by Crippen LogP contribution is -2.38. The molecule has 0 bridgehead atoms. The minimum Gasteiger partial charge on any atom is -0.324 e. The van der Waals surface area contributed by atoms with Crippen LogP contribution in [-0.2, 0) is 16.0 Å². The lowest BCUT2D eigenvalue weighted by molar-refractivity contribution is -0.120. The summed E-state index contributed by atoms with van der Waals surface area (Å²) in [5, 5.41) is 3.45. The van der Waals surface area contributed by atoms with E-state index in [0.29, 0.717) is 27.8 Å². The van der Waals surface area contributed by atoms with Crippen molar-refractivity contribution in [1.82, 2.24) is 0 Å². The van der Waals surface area contributed by atoms with Crippen molar-refractivity contribution in [3.63, 3.8) is 0 Å². The van der Waals surface area contributed by atoms with Crippen molar-refractivity contribution >= 4 is 46.2 Å². The molecule has 3 aromatic carbocycles. The predicted octanol–water partition coefficient (Wildman–Crippen LogP) is 5.71. The van der Waals surface area contributed by atoms with Crippen LogP contribution in [0.4, 0.5) is 17.1 Å². The Balaban J connectivity index is 1.60. The number of halogens is 1. The number of aryl methyl sites for hydroxylation is 1. The highest BCUT2D eigenvalue weighted by Crippen LogP contribution is 2.33. The van der Waals surface area contributed by atoms with Gasteiger partial charge in [0.15, 0.2) is 0 Å². The van der Waals surface area contributed by atoms with Gasteiger partial charge in [-0.1, -0.05) is 61.0 Å². The summed E-state index contributed by atoms with van der Waals surface area (Å²) in [6, 6.07) is 20.8. The normalized spacial score (nSPS) is 13.3. The summed E-state index contributed by atoms with van der Waals surface area (Å²) in [7, 11) is 0. The molecule has 0 radical (unpaired) electrons. The first-order valence-corrected chi connectivity index (χ1v) is 10.9. The molecule has 0 saturated carbocycles. The van der Waals surface area contributed by atoms with Gasteiger partial charge in [0, 0.05) is 10.7 Å². The van der Waals surface area contributed by atoms with Crippen molar-refractivity contribution in [2.75, 3.05) is 16.8 Å². The smallest absolute Gasteiger partial charge is 0.244 e. The molecule has 2 amide bonds. The highest BCUT2D eigenvalue weighted by molar-refractivity contribution is 6.31. The van der Waals surface area contributed by atoms with Crippen molar-refractivity contribution in [3.05, 3.63) is 88.4 Å². The van der Waals surface area contributed by atoms with Crippen molar-refractivity contribution in [3.8, 4) is 0 Å². The lowest BCUT2D eigenvalue weighted by Gasteiger charge is -2.22. The first-order chi connectivity index (χ1) is 15.5. The fraction of sp³-hybridized carbons (Fsp3) is 0.192. The van der Waals surface area contributed by atoms with Crippen LogP contribution < -0.4 is 10.2 Å².